The van der Waals surface area contributed by atoms with Crippen LogP contribution in [0.1, 0.15) is 11.4 Å². The second-order valence-electron chi connectivity index (χ2n) is 5.41. The highest BCUT2D eigenvalue weighted by Crippen LogP contribution is 2.16. The Morgan fingerprint density at radius 3 is 2.74 bits per heavy atom. The second-order valence-corrected chi connectivity index (χ2v) is 5.41. The van der Waals surface area contributed by atoms with Gasteiger partial charge in [0.1, 0.15) is 5.52 Å². The summed E-state index contributed by atoms with van der Waals surface area (Å²) in [5.74, 6) is 0.784. The van der Waals surface area contributed by atoms with Crippen LogP contribution in [-0.4, -0.2) is 29.5 Å². The number of pyridine rings is 1. The van der Waals surface area contributed by atoms with Gasteiger partial charge < -0.3 is 4.57 Å². The van der Waals surface area contributed by atoms with Crippen molar-refractivity contribution in [2.24, 2.45) is 0 Å². The molecule has 0 radical (unpaired) electrons. The number of hydrogen-bond donors (Lipinski definition) is 0. The van der Waals surface area contributed by atoms with Crippen LogP contribution >= 0.6 is 0 Å². The molecule has 0 atom stereocenters. The Labute approximate surface area is 133 Å². The topological polar surface area (TPSA) is 61.4 Å². The lowest BCUT2D eigenvalue weighted by molar-refractivity contribution is 0.626. The third kappa shape index (κ3) is 2.48. The highest BCUT2D eigenvalue weighted by atomic mass is 15.5. The summed E-state index contributed by atoms with van der Waals surface area (Å²) in [6.07, 6.45) is 4.53. The van der Waals surface area contributed by atoms with Gasteiger partial charge in [0.2, 0.25) is 5.95 Å². The van der Waals surface area contributed by atoms with Crippen molar-refractivity contribution in [3.05, 3.63) is 66.2 Å². The molecular formula is C17H16N6. The average molecular weight is 304 g/mol. The van der Waals surface area contributed by atoms with Crippen LogP contribution in [0, 0.1) is 6.92 Å². The standard InChI is InChI=1S/C17H16N6/c1-13-12-19-17(22(13)11-9-14-6-4-5-10-18-14)23-16-8-3-2-7-15(16)20-21-23/h2-8,10,12H,9,11H2,1H3. The first kappa shape index (κ1) is 13.6. The Hall–Kier alpha value is -3.02. The number of rotatable bonds is 4. The first-order valence-electron chi connectivity index (χ1n) is 7.56. The third-order valence-electron chi connectivity index (χ3n) is 3.89. The van der Waals surface area contributed by atoms with Gasteiger partial charge in [-0.1, -0.05) is 23.4 Å². The normalized spacial score (nSPS) is 11.2. The lowest BCUT2D eigenvalue weighted by Gasteiger charge is -2.09. The minimum Gasteiger partial charge on any atom is -0.313 e. The Balaban J connectivity index is 1.70. The van der Waals surface area contributed by atoms with Gasteiger partial charge in [0.05, 0.1) is 11.7 Å². The van der Waals surface area contributed by atoms with E-state index in [1.807, 2.05) is 61.8 Å². The molecule has 1 aromatic carbocycles. The van der Waals surface area contributed by atoms with E-state index in [1.165, 1.54) is 0 Å². The van der Waals surface area contributed by atoms with E-state index < -0.39 is 0 Å². The fraction of sp³-hybridized carbons (Fsp3) is 0.176. The first-order chi connectivity index (χ1) is 11.3. The molecule has 0 saturated heterocycles. The summed E-state index contributed by atoms with van der Waals surface area (Å²) in [6.45, 7) is 2.85. The Morgan fingerprint density at radius 1 is 1.00 bits per heavy atom. The highest BCUT2D eigenvalue weighted by molar-refractivity contribution is 5.75. The van der Waals surface area contributed by atoms with E-state index in [9.17, 15) is 0 Å². The Kier molecular flexibility index (Phi) is 3.34. The number of fused-ring (bicyclic) bond motifs is 1. The van der Waals surface area contributed by atoms with Gasteiger partial charge in [0.15, 0.2) is 0 Å². The molecule has 0 spiro atoms. The van der Waals surface area contributed by atoms with Crippen molar-refractivity contribution in [3.63, 3.8) is 0 Å². The van der Waals surface area contributed by atoms with Gasteiger partial charge in [-0.15, -0.1) is 5.10 Å². The molecule has 0 aliphatic carbocycles. The molecule has 0 amide bonds. The zero-order valence-electron chi connectivity index (χ0n) is 12.8. The van der Waals surface area contributed by atoms with Crippen LogP contribution in [0.15, 0.2) is 54.9 Å². The second kappa shape index (κ2) is 5.64. The molecule has 6 nitrogen and oxygen atoms in total. The summed E-state index contributed by atoms with van der Waals surface area (Å²) in [7, 11) is 0. The summed E-state index contributed by atoms with van der Waals surface area (Å²) < 4.78 is 3.94. The lowest BCUT2D eigenvalue weighted by Crippen LogP contribution is -2.11. The van der Waals surface area contributed by atoms with E-state index in [0.29, 0.717) is 0 Å². The maximum Gasteiger partial charge on any atom is 0.232 e. The predicted molar refractivity (Wildman–Crippen MR) is 87.3 cm³/mol. The van der Waals surface area contributed by atoms with E-state index in [0.717, 1.165) is 41.3 Å². The maximum absolute atomic E-state index is 4.52. The number of benzene rings is 1. The number of aryl methyl sites for hydroxylation is 2. The molecule has 23 heavy (non-hydrogen) atoms. The van der Waals surface area contributed by atoms with Crippen molar-refractivity contribution in [2.75, 3.05) is 0 Å². The molecule has 114 valence electrons. The van der Waals surface area contributed by atoms with Crippen molar-refractivity contribution in [2.45, 2.75) is 19.9 Å². The molecule has 0 bridgehead atoms. The van der Waals surface area contributed by atoms with Gasteiger partial charge in [-0.05, 0) is 31.2 Å². The van der Waals surface area contributed by atoms with E-state index >= 15 is 0 Å². The van der Waals surface area contributed by atoms with Gasteiger partial charge in [0.25, 0.3) is 0 Å². The zero-order valence-corrected chi connectivity index (χ0v) is 12.8. The van der Waals surface area contributed by atoms with Crippen molar-refractivity contribution >= 4 is 11.0 Å². The van der Waals surface area contributed by atoms with E-state index in [4.69, 9.17) is 0 Å². The molecule has 0 saturated carbocycles. The summed E-state index contributed by atoms with van der Waals surface area (Å²) in [6, 6.07) is 13.9. The SMILES string of the molecule is Cc1cnc(-n2nnc3ccccc32)n1CCc1ccccn1. The summed E-state index contributed by atoms with van der Waals surface area (Å²) >= 11 is 0. The molecule has 6 heteroatoms. The van der Waals surface area contributed by atoms with Gasteiger partial charge in [0, 0.05) is 30.6 Å². The minimum atomic E-state index is 0.784. The first-order valence-corrected chi connectivity index (χ1v) is 7.56. The number of hydrogen-bond acceptors (Lipinski definition) is 4. The predicted octanol–water partition coefficient (Wildman–Crippen LogP) is 2.56. The monoisotopic (exact) mass is 304 g/mol. The van der Waals surface area contributed by atoms with Crippen LogP contribution in [0.4, 0.5) is 0 Å². The van der Waals surface area contributed by atoms with Crippen molar-refractivity contribution in [1.82, 2.24) is 29.5 Å². The highest BCUT2D eigenvalue weighted by Gasteiger charge is 2.13. The van der Waals surface area contributed by atoms with Gasteiger partial charge in [-0.25, -0.2) is 4.98 Å². The molecule has 0 fully saturated rings. The largest absolute Gasteiger partial charge is 0.313 e. The van der Waals surface area contributed by atoms with Crippen LogP contribution in [-0.2, 0) is 13.0 Å². The molecular weight excluding hydrogens is 288 g/mol. The van der Waals surface area contributed by atoms with Gasteiger partial charge >= 0.3 is 0 Å². The summed E-state index contributed by atoms with van der Waals surface area (Å²) in [5, 5.41) is 8.47. The molecule has 0 aliphatic heterocycles. The Bertz CT molecular complexity index is 938. The molecule has 4 aromatic rings. The maximum atomic E-state index is 4.52. The Morgan fingerprint density at radius 2 is 1.87 bits per heavy atom. The minimum absolute atomic E-state index is 0.784. The molecule has 4 rings (SSSR count). The quantitative estimate of drug-likeness (QED) is 0.581. The molecule has 0 unspecified atom stereocenters. The zero-order chi connectivity index (χ0) is 15.6. The average Bonchev–Trinajstić information content (AvgIpc) is 3.17. The van der Waals surface area contributed by atoms with Crippen molar-refractivity contribution in [1.29, 1.82) is 0 Å². The van der Waals surface area contributed by atoms with Gasteiger partial charge in [-0.2, -0.15) is 4.68 Å². The lowest BCUT2D eigenvalue weighted by atomic mass is 10.2. The summed E-state index contributed by atoms with van der Waals surface area (Å²) in [5.41, 5.74) is 3.98. The van der Waals surface area contributed by atoms with Crippen LogP contribution in [0.3, 0.4) is 0 Å². The molecule has 3 aromatic heterocycles. The van der Waals surface area contributed by atoms with E-state index in [1.54, 1.807) is 4.68 Å². The van der Waals surface area contributed by atoms with Gasteiger partial charge in [-0.3, -0.25) is 4.98 Å². The number of imidazole rings is 1. The summed E-state index contributed by atoms with van der Waals surface area (Å²) in [4.78, 5) is 8.91. The third-order valence-corrected chi connectivity index (χ3v) is 3.89. The number of para-hydroxylation sites is 1. The fourth-order valence-corrected chi connectivity index (χ4v) is 2.68. The molecule has 0 N–H and O–H groups in total. The van der Waals surface area contributed by atoms with Crippen LogP contribution in [0.2, 0.25) is 0 Å². The molecule has 3 heterocycles. The smallest absolute Gasteiger partial charge is 0.232 e. The van der Waals surface area contributed by atoms with Crippen LogP contribution in [0.5, 0.6) is 0 Å². The van der Waals surface area contributed by atoms with E-state index in [2.05, 4.69) is 24.8 Å². The van der Waals surface area contributed by atoms with Crippen LogP contribution < -0.4 is 0 Å². The number of aromatic nitrogens is 6. The van der Waals surface area contributed by atoms with Crippen molar-refractivity contribution < 1.29 is 0 Å². The molecule has 0 aliphatic rings. The fourth-order valence-electron chi connectivity index (χ4n) is 2.68. The van der Waals surface area contributed by atoms with Crippen LogP contribution in [0.25, 0.3) is 17.0 Å². The van der Waals surface area contributed by atoms with E-state index in [-0.39, 0.29) is 0 Å². The van der Waals surface area contributed by atoms with Crippen molar-refractivity contribution in [3.8, 4) is 5.95 Å². The number of nitrogens with zero attached hydrogens (tertiary/aromatic N) is 6.